The maximum atomic E-state index is 10.2. The monoisotopic (exact) mass is 307 g/mol. The molecule has 1 aliphatic heterocycles. The number of hydrogen-bond acceptors (Lipinski definition) is 3. The summed E-state index contributed by atoms with van der Waals surface area (Å²) < 4.78 is 0. The van der Waals surface area contributed by atoms with E-state index < -0.39 is 12.1 Å². The SMILES string of the molecule is C1CCCC1.CN1CCCC1.O=C(O)C(O)c1ccccc1. The number of rotatable bonds is 2. The lowest BCUT2D eigenvalue weighted by molar-refractivity contribution is -0.146. The third-order valence-electron chi connectivity index (χ3n) is 3.93. The molecule has 0 radical (unpaired) electrons. The van der Waals surface area contributed by atoms with Crippen molar-refractivity contribution in [3.8, 4) is 0 Å². The Bertz CT molecular complexity index is 390. The van der Waals surface area contributed by atoms with Gasteiger partial charge in [0.25, 0.3) is 0 Å². The van der Waals surface area contributed by atoms with Gasteiger partial charge in [-0.1, -0.05) is 62.4 Å². The zero-order valence-electron chi connectivity index (χ0n) is 13.6. The second-order valence-electron chi connectivity index (χ2n) is 5.93. The molecule has 1 aromatic carbocycles. The molecule has 4 heteroatoms. The van der Waals surface area contributed by atoms with Crippen molar-refractivity contribution in [1.82, 2.24) is 4.90 Å². The Balaban J connectivity index is 0.000000184. The van der Waals surface area contributed by atoms with Crippen molar-refractivity contribution in [3.63, 3.8) is 0 Å². The Morgan fingerprint density at radius 2 is 1.41 bits per heavy atom. The molecule has 124 valence electrons. The van der Waals surface area contributed by atoms with E-state index in [0.29, 0.717) is 5.56 Å². The van der Waals surface area contributed by atoms with E-state index >= 15 is 0 Å². The van der Waals surface area contributed by atoms with Crippen LogP contribution in [0.2, 0.25) is 0 Å². The van der Waals surface area contributed by atoms with Crippen LogP contribution < -0.4 is 0 Å². The molecule has 22 heavy (non-hydrogen) atoms. The molecule has 0 bridgehead atoms. The molecule has 1 heterocycles. The Hall–Kier alpha value is -1.39. The molecule has 4 nitrogen and oxygen atoms in total. The van der Waals surface area contributed by atoms with E-state index in [1.54, 1.807) is 30.3 Å². The van der Waals surface area contributed by atoms with Crippen LogP contribution in [0.5, 0.6) is 0 Å². The summed E-state index contributed by atoms with van der Waals surface area (Å²) in [6, 6.07) is 8.26. The van der Waals surface area contributed by atoms with Crippen molar-refractivity contribution in [3.05, 3.63) is 35.9 Å². The third-order valence-corrected chi connectivity index (χ3v) is 3.93. The van der Waals surface area contributed by atoms with Gasteiger partial charge in [0.1, 0.15) is 0 Å². The van der Waals surface area contributed by atoms with Gasteiger partial charge in [0.15, 0.2) is 6.10 Å². The first-order chi connectivity index (χ1) is 10.6. The van der Waals surface area contributed by atoms with Crippen molar-refractivity contribution < 1.29 is 15.0 Å². The third kappa shape index (κ3) is 8.15. The number of likely N-dealkylation sites (tertiary alicyclic amines) is 1. The minimum atomic E-state index is -1.41. The molecule has 1 aromatic rings. The molecule has 1 saturated heterocycles. The van der Waals surface area contributed by atoms with Crippen molar-refractivity contribution in [2.75, 3.05) is 20.1 Å². The second kappa shape index (κ2) is 11.2. The van der Waals surface area contributed by atoms with Gasteiger partial charge in [-0.25, -0.2) is 4.79 Å². The zero-order chi connectivity index (χ0) is 16.2. The van der Waals surface area contributed by atoms with E-state index in [-0.39, 0.29) is 0 Å². The van der Waals surface area contributed by atoms with E-state index in [4.69, 9.17) is 10.2 Å². The number of carboxylic acids is 1. The Morgan fingerprint density at radius 1 is 0.955 bits per heavy atom. The van der Waals surface area contributed by atoms with Crippen molar-refractivity contribution in [1.29, 1.82) is 0 Å². The first-order valence-electron chi connectivity index (χ1n) is 8.25. The molecule has 0 amide bonds. The Morgan fingerprint density at radius 3 is 1.73 bits per heavy atom. The molecule has 1 unspecified atom stereocenters. The first kappa shape index (κ1) is 18.7. The number of carbonyl (C=O) groups is 1. The van der Waals surface area contributed by atoms with Crippen LogP contribution in [0.15, 0.2) is 30.3 Å². The standard InChI is InChI=1S/C8H8O3.C5H11N.C5H10/c9-7(8(10)11)6-4-2-1-3-5-6;1-6-4-2-3-5-6;1-2-4-5-3-1/h1-5,7,9H,(H,10,11);2-5H2,1H3;1-5H2. The second-order valence-corrected chi connectivity index (χ2v) is 5.93. The summed E-state index contributed by atoms with van der Waals surface area (Å²) in [4.78, 5) is 12.6. The lowest BCUT2D eigenvalue weighted by atomic mass is 10.1. The Labute approximate surface area is 133 Å². The van der Waals surface area contributed by atoms with Crippen LogP contribution in [0.3, 0.4) is 0 Å². The van der Waals surface area contributed by atoms with Gasteiger partial charge in [0, 0.05) is 0 Å². The summed E-state index contributed by atoms with van der Waals surface area (Å²) in [5.74, 6) is -1.23. The summed E-state index contributed by atoms with van der Waals surface area (Å²) in [5.41, 5.74) is 0.403. The number of aliphatic carboxylic acids is 1. The highest BCUT2D eigenvalue weighted by molar-refractivity contribution is 5.73. The molecule has 1 aliphatic carbocycles. The number of carboxylic acid groups (broad SMARTS) is 1. The highest BCUT2D eigenvalue weighted by Crippen LogP contribution is 2.15. The van der Waals surface area contributed by atoms with Crippen LogP contribution in [-0.2, 0) is 4.79 Å². The smallest absolute Gasteiger partial charge is 0.337 e. The average Bonchev–Trinajstić information content (AvgIpc) is 3.24. The van der Waals surface area contributed by atoms with Gasteiger partial charge in [-0.2, -0.15) is 0 Å². The first-order valence-corrected chi connectivity index (χ1v) is 8.25. The van der Waals surface area contributed by atoms with Crippen molar-refractivity contribution >= 4 is 5.97 Å². The predicted octanol–water partition coefficient (Wildman–Crippen LogP) is 3.47. The summed E-state index contributed by atoms with van der Waals surface area (Å²) in [6.45, 7) is 2.64. The minimum absolute atomic E-state index is 0.403. The molecule has 1 atom stereocenters. The van der Waals surface area contributed by atoms with Gasteiger partial charge in [-0.05, 0) is 38.5 Å². The summed E-state index contributed by atoms with van der Waals surface area (Å²) in [7, 11) is 2.17. The number of hydrogen-bond donors (Lipinski definition) is 2. The maximum absolute atomic E-state index is 10.2. The predicted molar refractivity (Wildman–Crippen MR) is 88.9 cm³/mol. The normalized spacial score (nSPS) is 18.6. The highest BCUT2D eigenvalue weighted by Gasteiger charge is 2.14. The minimum Gasteiger partial charge on any atom is -0.479 e. The molecule has 2 fully saturated rings. The molecule has 0 aromatic heterocycles. The van der Waals surface area contributed by atoms with Crippen LogP contribution in [0.1, 0.15) is 56.6 Å². The fourth-order valence-electron chi connectivity index (χ4n) is 2.54. The van der Waals surface area contributed by atoms with E-state index in [1.807, 2.05) is 0 Å². The molecule has 2 aliphatic rings. The van der Waals surface area contributed by atoms with E-state index in [0.717, 1.165) is 0 Å². The van der Waals surface area contributed by atoms with Crippen LogP contribution in [0.25, 0.3) is 0 Å². The Kier molecular flexibility index (Phi) is 9.51. The zero-order valence-corrected chi connectivity index (χ0v) is 13.6. The summed E-state index contributed by atoms with van der Waals surface area (Å²) in [5, 5.41) is 17.4. The summed E-state index contributed by atoms with van der Waals surface area (Å²) >= 11 is 0. The molecular weight excluding hydrogens is 278 g/mol. The van der Waals surface area contributed by atoms with Gasteiger partial charge in [-0.3, -0.25) is 0 Å². The molecule has 3 rings (SSSR count). The molecule has 1 saturated carbocycles. The van der Waals surface area contributed by atoms with Gasteiger partial charge < -0.3 is 15.1 Å². The number of aliphatic hydroxyl groups is 1. The largest absolute Gasteiger partial charge is 0.479 e. The van der Waals surface area contributed by atoms with E-state index in [9.17, 15) is 4.79 Å². The van der Waals surface area contributed by atoms with Gasteiger partial charge >= 0.3 is 5.97 Å². The lowest BCUT2D eigenvalue weighted by Gasteiger charge is -2.03. The highest BCUT2D eigenvalue weighted by atomic mass is 16.4. The van der Waals surface area contributed by atoms with Crippen LogP contribution in [0.4, 0.5) is 0 Å². The van der Waals surface area contributed by atoms with Crippen molar-refractivity contribution in [2.24, 2.45) is 0 Å². The van der Waals surface area contributed by atoms with Crippen molar-refractivity contribution in [2.45, 2.75) is 51.0 Å². The average molecular weight is 307 g/mol. The molecule has 2 N–H and O–H groups in total. The van der Waals surface area contributed by atoms with Gasteiger partial charge in [0.2, 0.25) is 0 Å². The van der Waals surface area contributed by atoms with Gasteiger partial charge in [0.05, 0.1) is 0 Å². The molecular formula is C18H29NO3. The number of nitrogens with zero attached hydrogens (tertiary/aromatic N) is 1. The molecule has 0 spiro atoms. The number of benzene rings is 1. The number of aliphatic hydroxyl groups excluding tert-OH is 1. The summed E-state index contributed by atoms with van der Waals surface area (Å²) in [6.07, 6.45) is 8.92. The fraction of sp³-hybridized carbons (Fsp3) is 0.611. The van der Waals surface area contributed by atoms with Crippen LogP contribution in [0, 0.1) is 0 Å². The lowest BCUT2D eigenvalue weighted by Crippen LogP contribution is -2.10. The van der Waals surface area contributed by atoms with Crippen LogP contribution >= 0.6 is 0 Å². The van der Waals surface area contributed by atoms with E-state index in [1.165, 1.54) is 58.0 Å². The fourth-order valence-corrected chi connectivity index (χ4v) is 2.54. The van der Waals surface area contributed by atoms with Crippen LogP contribution in [-0.4, -0.2) is 41.2 Å². The quantitative estimate of drug-likeness (QED) is 0.878. The maximum Gasteiger partial charge on any atom is 0.337 e. The topological polar surface area (TPSA) is 60.8 Å². The van der Waals surface area contributed by atoms with Gasteiger partial charge in [-0.15, -0.1) is 0 Å². The van der Waals surface area contributed by atoms with E-state index in [2.05, 4.69) is 11.9 Å².